The molecule has 30 heavy (non-hydrogen) atoms. The van der Waals surface area contributed by atoms with E-state index >= 15 is 0 Å². The first kappa shape index (κ1) is 19.9. The van der Waals surface area contributed by atoms with Crippen LogP contribution < -0.4 is 21.9 Å². The normalized spacial score (nSPS) is 27.4. The highest BCUT2D eigenvalue weighted by atomic mass is 16.2. The lowest BCUT2D eigenvalue weighted by Gasteiger charge is -2.61. The number of hydrazine groups is 1. The van der Waals surface area contributed by atoms with Crippen LogP contribution in [0, 0.1) is 12.8 Å². The summed E-state index contributed by atoms with van der Waals surface area (Å²) in [6.45, 7) is 5.67. The van der Waals surface area contributed by atoms with E-state index in [0.29, 0.717) is 30.3 Å². The lowest BCUT2D eigenvalue weighted by molar-refractivity contribution is -0.151. The van der Waals surface area contributed by atoms with Crippen molar-refractivity contribution in [2.45, 2.75) is 51.6 Å². The predicted octanol–water partition coefficient (Wildman–Crippen LogP) is 2.25. The maximum absolute atomic E-state index is 13.2. The number of hydrogen-bond acceptors (Lipinski definition) is 5. The molecule has 9 heteroatoms. The number of nitrogens with two attached hydrogens (primary N) is 1. The van der Waals surface area contributed by atoms with Crippen LogP contribution in [-0.2, 0) is 4.79 Å². The Morgan fingerprint density at radius 1 is 1.40 bits per heavy atom. The van der Waals surface area contributed by atoms with Gasteiger partial charge in [0.2, 0.25) is 0 Å². The first-order valence-electron chi connectivity index (χ1n) is 10.1. The van der Waals surface area contributed by atoms with Gasteiger partial charge in [0.25, 0.3) is 5.91 Å². The van der Waals surface area contributed by atoms with Crippen LogP contribution in [0.1, 0.15) is 45.7 Å². The molecule has 3 amide bonds. The molecule has 0 radical (unpaired) electrons. The molecule has 3 aliphatic rings. The van der Waals surface area contributed by atoms with Gasteiger partial charge in [-0.3, -0.25) is 10.2 Å². The van der Waals surface area contributed by atoms with Gasteiger partial charge < -0.3 is 21.4 Å². The maximum Gasteiger partial charge on any atom is 0.323 e. The third-order valence-corrected chi connectivity index (χ3v) is 5.95. The molecule has 1 saturated carbocycles. The van der Waals surface area contributed by atoms with Crippen molar-refractivity contribution in [2.75, 3.05) is 5.32 Å². The zero-order valence-corrected chi connectivity index (χ0v) is 17.4. The van der Waals surface area contributed by atoms with E-state index in [1.165, 1.54) is 0 Å². The first-order valence-corrected chi connectivity index (χ1v) is 10.1. The summed E-state index contributed by atoms with van der Waals surface area (Å²) in [5.74, 6) is 0.902. The Kier molecular flexibility index (Phi) is 4.97. The average molecular weight is 412 g/mol. The van der Waals surface area contributed by atoms with Crippen LogP contribution >= 0.6 is 0 Å². The second-order valence-electron chi connectivity index (χ2n) is 8.39. The van der Waals surface area contributed by atoms with Gasteiger partial charge in [0.1, 0.15) is 5.54 Å². The van der Waals surface area contributed by atoms with E-state index in [1.54, 1.807) is 24.2 Å². The quantitative estimate of drug-likeness (QED) is 0.449. The van der Waals surface area contributed by atoms with E-state index in [4.69, 9.17) is 5.73 Å². The number of carbonyl (C=O) groups excluding carboxylic acids is 2. The minimum atomic E-state index is -0.899. The molecule has 2 fully saturated rings. The smallest absolute Gasteiger partial charge is 0.323 e. The highest BCUT2D eigenvalue weighted by Gasteiger charge is 2.62. The number of carbonyl (C=O) groups is 2. The van der Waals surface area contributed by atoms with E-state index in [1.807, 2.05) is 25.1 Å². The maximum atomic E-state index is 13.2. The average Bonchev–Trinajstić information content (AvgIpc) is 2.68. The number of urea groups is 1. The summed E-state index contributed by atoms with van der Waals surface area (Å²) in [5.41, 5.74) is 13.2. The first-order chi connectivity index (χ1) is 14.3. The number of amides is 3. The standard InChI is InChI=1S/C21H27N7O2.H2/c1-12-8-16-11-21(10-12,19(29)25-14(3)22)28(16)20(30)26-15-5-4-13(2)17(9-15)18-23-6-7-24-27-18;/h4-7,9,12,16,24H,8,10-11H2,1-3H3,(H,23,27)(H,26,30)(H2,22,25,29);1H/t12-,16?,21?;/m1./s1. The number of nitrogens with zero attached hydrogens (tertiary/aromatic N) is 3. The number of nitrogens with one attached hydrogen (secondary N) is 3. The summed E-state index contributed by atoms with van der Waals surface area (Å²) >= 11 is 0. The van der Waals surface area contributed by atoms with Crippen LogP contribution in [-0.4, -0.2) is 40.1 Å². The number of benzene rings is 1. The zero-order valence-electron chi connectivity index (χ0n) is 17.4. The van der Waals surface area contributed by atoms with Gasteiger partial charge in [0.15, 0.2) is 5.84 Å². The molecule has 9 nitrogen and oxygen atoms in total. The fourth-order valence-corrected chi connectivity index (χ4v) is 4.78. The van der Waals surface area contributed by atoms with Crippen LogP contribution in [0.2, 0.25) is 0 Å². The monoisotopic (exact) mass is 411 g/mol. The molecule has 1 aromatic carbocycles. The second kappa shape index (κ2) is 7.47. The number of likely N-dealkylation sites (tertiary alicyclic amines) is 1. The minimum Gasteiger partial charge on any atom is -0.387 e. The van der Waals surface area contributed by atoms with Crippen molar-refractivity contribution in [1.82, 2.24) is 15.8 Å². The number of fused-ring (bicyclic) bond motifs is 2. The Morgan fingerprint density at radius 2 is 2.20 bits per heavy atom. The molecule has 2 bridgehead atoms. The highest BCUT2D eigenvalue weighted by Crippen LogP contribution is 2.50. The molecular formula is C21H29N7O2. The van der Waals surface area contributed by atoms with Crippen LogP contribution in [0.15, 0.2) is 40.6 Å². The summed E-state index contributed by atoms with van der Waals surface area (Å²) in [5, 5.41) is 2.96. The lowest BCUT2D eigenvalue weighted by atomic mass is 9.64. The Morgan fingerprint density at radius 3 is 2.90 bits per heavy atom. The molecule has 2 unspecified atom stereocenters. The van der Waals surface area contributed by atoms with Gasteiger partial charge in [-0.05, 0) is 50.3 Å². The number of piperidine rings is 1. The molecule has 3 atom stereocenters. The number of aliphatic imine (C=N–C) groups is 2. The van der Waals surface area contributed by atoms with E-state index < -0.39 is 5.54 Å². The number of anilines is 1. The van der Waals surface area contributed by atoms with Crippen molar-refractivity contribution in [2.24, 2.45) is 21.6 Å². The number of rotatable bonds is 3. The molecule has 160 valence electrons. The van der Waals surface area contributed by atoms with Gasteiger partial charge in [-0.1, -0.05) is 13.0 Å². The van der Waals surface area contributed by atoms with Crippen molar-refractivity contribution in [3.63, 3.8) is 0 Å². The molecule has 1 saturated heterocycles. The molecule has 5 N–H and O–H groups in total. The summed E-state index contributed by atoms with van der Waals surface area (Å²) < 4.78 is 0. The molecule has 1 aromatic rings. The molecular weight excluding hydrogens is 382 g/mol. The van der Waals surface area contributed by atoms with E-state index in [-0.39, 0.29) is 25.2 Å². The molecule has 1 aliphatic carbocycles. The SMILES string of the molecule is CC(N)=NC(=O)C12CC(C[C@@H](C)C1)N2C(=O)Nc1ccc(C)c(C2=NC=CNN2)c1.[HH]. The Bertz CT molecular complexity index is 986. The number of amidine groups is 2. The second-order valence-corrected chi connectivity index (χ2v) is 8.39. The number of hydrogen-bond donors (Lipinski definition) is 4. The van der Waals surface area contributed by atoms with Gasteiger partial charge in [0, 0.05) is 37.5 Å². The molecule has 4 rings (SSSR count). The van der Waals surface area contributed by atoms with Gasteiger partial charge in [-0.2, -0.15) is 4.99 Å². The van der Waals surface area contributed by atoms with Crippen LogP contribution in [0.4, 0.5) is 10.5 Å². The Hall–Kier alpha value is -3.36. The van der Waals surface area contributed by atoms with Gasteiger partial charge >= 0.3 is 6.03 Å². The van der Waals surface area contributed by atoms with Crippen molar-refractivity contribution < 1.29 is 11.0 Å². The zero-order chi connectivity index (χ0) is 21.5. The fraction of sp³-hybridized carbons (Fsp3) is 0.429. The summed E-state index contributed by atoms with van der Waals surface area (Å²) in [7, 11) is 0. The van der Waals surface area contributed by atoms with E-state index in [9.17, 15) is 9.59 Å². The van der Waals surface area contributed by atoms with Crippen molar-refractivity contribution in [3.8, 4) is 0 Å². The summed E-state index contributed by atoms with van der Waals surface area (Å²) in [4.78, 5) is 36.0. The summed E-state index contributed by atoms with van der Waals surface area (Å²) in [6, 6.07) is 5.39. The third kappa shape index (κ3) is 3.40. The van der Waals surface area contributed by atoms with Crippen LogP contribution in [0.25, 0.3) is 0 Å². The highest BCUT2D eigenvalue weighted by molar-refractivity contribution is 6.04. The molecule has 0 aromatic heterocycles. The lowest BCUT2D eigenvalue weighted by Crippen LogP contribution is -2.75. The largest absolute Gasteiger partial charge is 0.387 e. The molecule has 2 aliphatic heterocycles. The van der Waals surface area contributed by atoms with Crippen molar-refractivity contribution >= 4 is 29.3 Å². The van der Waals surface area contributed by atoms with E-state index in [2.05, 4.69) is 33.1 Å². The van der Waals surface area contributed by atoms with Crippen molar-refractivity contribution in [1.29, 1.82) is 0 Å². The van der Waals surface area contributed by atoms with Crippen molar-refractivity contribution in [3.05, 3.63) is 41.7 Å². The summed E-state index contributed by atoms with van der Waals surface area (Å²) in [6.07, 6.45) is 5.47. The topological polar surface area (TPSA) is 124 Å². The molecule has 0 spiro atoms. The Balaban J connectivity index is 0.00000272. The van der Waals surface area contributed by atoms with Gasteiger partial charge in [0.05, 0.1) is 5.84 Å². The predicted molar refractivity (Wildman–Crippen MR) is 118 cm³/mol. The Labute approximate surface area is 177 Å². The van der Waals surface area contributed by atoms with Crippen LogP contribution in [0.3, 0.4) is 0 Å². The minimum absolute atomic E-state index is 0. The fourth-order valence-electron chi connectivity index (χ4n) is 4.78. The van der Waals surface area contributed by atoms with Crippen LogP contribution in [0.5, 0.6) is 0 Å². The van der Waals surface area contributed by atoms with Gasteiger partial charge in [-0.15, -0.1) is 0 Å². The molecule has 2 heterocycles. The van der Waals surface area contributed by atoms with Gasteiger partial charge in [-0.25, -0.2) is 9.79 Å². The third-order valence-electron chi connectivity index (χ3n) is 5.95. The number of aryl methyl sites for hydroxylation is 1. The van der Waals surface area contributed by atoms with E-state index in [0.717, 1.165) is 17.5 Å².